The second-order valence-electron chi connectivity index (χ2n) is 5.72. The van der Waals surface area contributed by atoms with Gasteiger partial charge in [-0.3, -0.25) is 9.69 Å². The Morgan fingerprint density at radius 3 is 2.35 bits per heavy atom. The average Bonchev–Trinajstić information content (AvgIpc) is 2.51. The Hall–Kier alpha value is -1.69. The summed E-state index contributed by atoms with van der Waals surface area (Å²) < 4.78 is 0. The number of carbonyl (C=O) groups is 1. The van der Waals surface area contributed by atoms with Gasteiger partial charge in [0, 0.05) is 45.6 Å². The molecule has 1 spiro atoms. The first-order valence-corrected chi connectivity index (χ1v) is 7.12. The van der Waals surface area contributed by atoms with Gasteiger partial charge in [0.25, 0.3) is 0 Å². The summed E-state index contributed by atoms with van der Waals surface area (Å²) in [5.74, 6) is 1.03. The van der Waals surface area contributed by atoms with Crippen molar-refractivity contribution in [2.75, 3.05) is 45.2 Å². The summed E-state index contributed by atoms with van der Waals surface area (Å²) in [6.07, 6.45) is 5.20. The van der Waals surface area contributed by atoms with Crippen molar-refractivity contribution in [3.63, 3.8) is 0 Å². The Labute approximate surface area is 119 Å². The second kappa shape index (κ2) is 5.01. The molecule has 1 amide bonds. The van der Waals surface area contributed by atoms with Gasteiger partial charge in [-0.05, 0) is 26.0 Å². The lowest BCUT2D eigenvalue weighted by Crippen LogP contribution is -2.67. The third-order valence-corrected chi connectivity index (χ3v) is 4.67. The van der Waals surface area contributed by atoms with E-state index in [1.165, 1.54) is 0 Å². The number of nitrogens with zero attached hydrogens (tertiary/aromatic N) is 5. The van der Waals surface area contributed by atoms with Crippen molar-refractivity contribution in [1.82, 2.24) is 19.8 Å². The number of piperidine rings is 1. The van der Waals surface area contributed by atoms with E-state index in [0.29, 0.717) is 0 Å². The van der Waals surface area contributed by atoms with Crippen LogP contribution in [0.3, 0.4) is 0 Å². The smallest absolute Gasteiger partial charge is 0.243 e. The Morgan fingerprint density at radius 1 is 1.05 bits per heavy atom. The summed E-state index contributed by atoms with van der Waals surface area (Å²) >= 11 is 0. The van der Waals surface area contributed by atoms with Crippen molar-refractivity contribution >= 4 is 11.9 Å². The molecule has 0 aliphatic carbocycles. The molecule has 6 heteroatoms. The zero-order valence-corrected chi connectivity index (χ0v) is 12.1. The lowest BCUT2D eigenvalue weighted by Gasteiger charge is -2.50. The maximum absolute atomic E-state index is 12.6. The van der Waals surface area contributed by atoms with Crippen LogP contribution in [0.1, 0.15) is 12.8 Å². The van der Waals surface area contributed by atoms with Gasteiger partial charge in [0.15, 0.2) is 0 Å². The first-order valence-electron chi connectivity index (χ1n) is 7.12. The van der Waals surface area contributed by atoms with Crippen LogP contribution in [0.5, 0.6) is 0 Å². The maximum atomic E-state index is 12.6. The van der Waals surface area contributed by atoms with Gasteiger partial charge in [-0.1, -0.05) is 0 Å². The highest BCUT2D eigenvalue weighted by atomic mass is 16.2. The van der Waals surface area contributed by atoms with Gasteiger partial charge in [0.05, 0.1) is 0 Å². The Kier molecular flexibility index (Phi) is 3.33. The molecule has 0 atom stereocenters. The fraction of sp³-hybridized carbons (Fsp3) is 0.643. The van der Waals surface area contributed by atoms with Crippen LogP contribution in [0.15, 0.2) is 18.5 Å². The lowest BCUT2D eigenvalue weighted by atomic mass is 9.83. The topological polar surface area (TPSA) is 52.6 Å². The molecule has 2 aliphatic rings. The fourth-order valence-corrected chi connectivity index (χ4v) is 3.26. The summed E-state index contributed by atoms with van der Waals surface area (Å²) in [6, 6.07) is 1.82. The van der Waals surface area contributed by atoms with Crippen LogP contribution >= 0.6 is 0 Å². The number of hydrogen-bond donors (Lipinski definition) is 0. The van der Waals surface area contributed by atoms with E-state index in [4.69, 9.17) is 0 Å². The molecular formula is C14H21N5O. The molecule has 0 radical (unpaired) electrons. The highest BCUT2D eigenvalue weighted by Crippen LogP contribution is 2.33. The molecule has 0 bridgehead atoms. The molecule has 1 aromatic rings. The predicted molar refractivity (Wildman–Crippen MR) is 76.5 cm³/mol. The highest BCUT2D eigenvalue weighted by Gasteiger charge is 2.48. The summed E-state index contributed by atoms with van der Waals surface area (Å²) in [6.45, 7) is 3.43. The minimum absolute atomic E-state index is 0.264. The number of likely N-dealkylation sites (N-methyl/N-ethyl adjacent to an activating group) is 2. The minimum atomic E-state index is -0.321. The molecule has 0 saturated carbocycles. The number of carbonyl (C=O) groups excluding carboxylic acids is 1. The summed E-state index contributed by atoms with van der Waals surface area (Å²) in [5.41, 5.74) is -0.321. The molecule has 1 aromatic heterocycles. The standard InChI is InChI=1S/C14H21N5O/c1-17-10-11-18(2)14(12(17)20)4-8-19(9-5-14)13-15-6-3-7-16-13/h3,6-7H,4-5,8-11H2,1-2H3. The number of piperazine rings is 1. The van der Waals surface area contributed by atoms with Crippen LogP contribution in [0.25, 0.3) is 0 Å². The largest absolute Gasteiger partial charge is 0.343 e. The van der Waals surface area contributed by atoms with E-state index in [0.717, 1.165) is 45.0 Å². The molecule has 6 nitrogen and oxygen atoms in total. The van der Waals surface area contributed by atoms with E-state index < -0.39 is 0 Å². The molecule has 2 saturated heterocycles. The molecule has 20 heavy (non-hydrogen) atoms. The lowest BCUT2D eigenvalue weighted by molar-refractivity contribution is -0.150. The number of aromatic nitrogens is 2. The fourth-order valence-electron chi connectivity index (χ4n) is 3.26. The first-order chi connectivity index (χ1) is 9.63. The average molecular weight is 275 g/mol. The number of amides is 1. The van der Waals surface area contributed by atoms with E-state index in [9.17, 15) is 4.79 Å². The van der Waals surface area contributed by atoms with Crippen LogP contribution < -0.4 is 4.90 Å². The monoisotopic (exact) mass is 275 g/mol. The van der Waals surface area contributed by atoms with Gasteiger partial charge < -0.3 is 9.80 Å². The Morgan fingerprint density at radius 2 is 1.70 bits per heavy atom. The number of rotatable bonds is 1. The van der Waals surface area contributed by atoms with Crippen molar-refractivity contribution in [2.45, 2.75) is 18.4 Å². The van der Waals surface area contributed by atoms with Gasteiger partial charge in [-0.15, -0.1) is 0 Å². The summed E-state index contributed by atoms with van der Waals surface area (Å²) in [4.78, 5) is 27.5. The van der Waals surface area contributed by atoms with Gasteiger partial charge in [0.2, 0.25) is 11.9 Å². The zero-order valence-electron chi connectivity index (χ0n) is 12.1. The summed E-state index contributed by atoms with van der Waals surface area (Å²) in [5, 5.41) is 0. The van der Waals surface area contributed by atoms with Crippen molar-refractivity contribution < 1.29 is 4.79 Å². The molecule has 2 aliphatic heterocycles. The van der Waals surface area contributed by atoms with E-state index in [-0.39, 0.29) is 11.4 Å². The molecule has 3 heterocycles. The highest BCUT2D eigenvalue weighted by molar-refractivity contribution is 5.87. The SMILES string of the molecule is CN1CCN(C)C2(CCN(c3ncccn3)CC2)C1=O. The molecule has 0 N–H and O–H groups in total. The Balaban J connectivity index is 1.75. The van der Waals surface area contributed by atoms with Crippen LogP contribution in [0, 0.1) is 0 Å². The van der Waals surface area contributed by atoms with Crippen LogP contribution in [0.2, 0.25) is 0 Å². The second-order valence-corrected chi connectivity index (χ2v) is 5.72. The molecule has 2 fully saturated rings. The molecular weight excluding hydrogens is 254 g/mol. The van der Waals surface area contributed by atoms with Gasteiger partial charge in [0.1, 0.15) is 5.54 Å². The third-order valence-electron chi connectivity index (χ3n) is 4.67. The van der Waals surface area contributed by atoms with Crippen molar-refractivity contribution in [3.8, 4) is 0 Å². The predicted octanol–water partition coefficient (Wildman–Crippen LogP) is 0.219. The minimum Gasteiger partial charge on any atom is -0.343 e. The van der Waals surface area contributed by atoms with Crippen LogP contribution in [-0.2, 0) is 4.79 Å². The number of hydrogen-bond acceptors (Lipinski definition) is 5. The number of anilines is 1. The quantitative estimate of drug-likeness (QED) is 0.734. The van der Waals surface area contributed by atoms with Gasteiger partial charge >= 0.3 is 0 Å². The molecule has 0 aromatic carbocycles. The zero-order chi connectivity index (χ0) is 14.2. The van der Waals surface area contributed by atoms with E-state index in [1.807, 2.05) is 18.0 Å². The normalized spacial score (nSPS) is 23.4. The van der Waals surface area contributed by atoms with Crippen molar-refractivity contribution in [1.29, 1.82) is 0 Å². The van der Waals surface area contributed by atoms with Crippen LogP contribution in [-0.4, -0.2) is 71.5 Å². The van der Waals surface area contributed by atoms with Gasteiger partial charge in [-0.2, -0.15) is 0 Å². The summed E-state index contributed by atoms with van der Waals surface area (Å²) in [7, 11) is 3.98. The van der Waals surface area contributed by atoms with Crippen molar-refractivity contribution in [3.05, 3.63) is 18.5 Å². The molecule has 108 valence electrons. The molecule has 0 unspecified atom stereocenters. The Bertz CT molecular complexity index is 484. The van der Waals surface area contributed by atoms with Crippen LogP contribution in [0.4, 0.5) is 5.95 Å². The third kappa shape index (κ3) is 2.04. The van der Waals surface area contributed by atoms with Crippen molar-refractivity contribution in [2.24, 2.45) is 0 Å². The van der Waals surface area contributed by atoms with E-state index >= 15 is 0 Å². The van der Waals surface area contributed by atoms with E-state index in [2.05, 4.69) is 26.8 Å². The first kappa shape index (κ1) is 13.3. The molecule has 3 rings (SSSR count). The van der Waals surface area contributed by atoms with Gasteiger partial charge in [-0.25, -0.2) is 9.97 Å². The van der Waals surface area contributed by atoms with E-state index in [1.54, 1.807) is 12.4 Å². The maximum Gasteiger partial charge on any atom is 0.243 e.